The molecule has 110 valence electrons. The zero-order valence-electron chi connectivity index (χ0n) is 12.5. The molecule has 1 aliphatic carbocycles. The van der Waals surface area contributed by atoms with Gasteiger partial charge in [-0.3, -0.25) is 4.79 Å². The summed E-state index contributed by atoms with van der Waals surface area (Å²) in [6.07, 6.45) is 11.1. The van der Waals surface area contributed by atoms with Crippen LogP contribution in [0.4, 0.5) is 0 Å². The van der Waals surface area contributed by atoms with Crippen LogP contribution in [0.5, 0.6) is 0 Å². The number of rotatable bonds is 6. The largest absolute Gasteiger partial charge is 0.346 e. The second-order valence-corrected chi connectivity index (χ2v) is 6.49. The van der Waals surface area contributed by atoms with Gasteiger partial charge in [-0.15, -0.1) is 0 Å². The van der Waals surface area contributed by atoms with Crippen molar-refractivity contribution in [3.8, 4) is 0 Å². The number of nitrogens with one attached hydrogen (secondary N) is 1. The quantitative estimate of drug-likeness (QED) is 0.802. The van der Waals surface area contributed by atoms with E-state index < -0.39 is 0 Å². The smallest absolute Gasteiger partial charge is 0.222 e. The molecule has 0 unspecified atom stereocenters. The average Bonchev–Trinajstić information content (AvgIpc) is 2.96. The van der Waals surface area contributed by atoms with Gasteiger partial charge in [-0.1, -0.05) is 25.7 Å². The molecule has 0 aromatic rings. The van der Waals surface area contributed by atoms with Gasteiger partial charge in [0.05, 0.1) is 0 Å². The standard InChI is InChI=1S/C16H30N2O/c1-18(13-10-15-8-11-17-12-9-15)16(19)7-6-14-4-2-3-5-14/h14-15,17H,2-13H2,1H3. The summed E-state index contributed by atoms with van der Waals surface area (Å²) in [6, 6.07) is 0. The zero-order chi connectivity index (χ0) is 13.5. The van der Waals surface area contributed by atoms with Crippen LogP contribution in [0.15, 0.2) is 0 Å². The Morgan fingerprint density at radius 3 is 2.37 bits per heavy atom. The van der Waals surface area contributed by atoms with Crippen LogP contribution < -0.4 is 5.32 Å². The molecule has 1 saturated carbocycles. The molecule has 0 bridgehead atoms. The molecule has 1 amide bonds. The number of hydrogen-bond acceptors (Lipinski definition) is 2. The Bertz CT molecular complexity index is 268. The summed E-state index contributed by atoms with van der Waals surface area (Å²) in [5.74, 6) is 2.02. The lowest BCUT2D eigenvalue weighted by molar-refractivity contribution is -0.130. The Morgan fingerprint density at radius 2 is 1.68 bits per heavy atom. The molecule has 2 fully saturated rings. The van der Waals surface area contributed by atoms with Gasteiger partial charge in [0.25, 0.3) is 0 Å². The Morgan fingerprint density at radius 1 is 1.05 bits per heavy atom. The van der Waals surface area contributed by atoms with Crippen molar-refractivity contribution >= 4 is 5.91 Å². The number of carbonyl (C=O) groups is 1. The molecule has 1 N–H and O–H groups in total. The van der Waals surface area contributed by atoms with Gasteiger partial charge in [0.2, 0.25) is 5.91 Å². The Balaban J connectivity index is 1.58. The lowest BCUT2D eigenvalue weighted by Crippen LogP contribution is -2.32. The van der Waals surface area contributed by atoms with Gasteiger partial charge in [0.1, 0.15) is 0 Å². The maximum atomic E-state index is 12.1. The van der Waals surface area contributed by atoms with E-state index >= 15 is 0 Å². The Labute approximate surface area is 118 Å². The third kappa shape index (κ3) is 5.13. The van der Waals surface area contributed by atoms with Crippen molar-refractivity contribution < 1.29 is 4.79 Å². The van der Waals surface area contributed by atoms with Crippen molar-refractivity contribution in [1.29, 1.82) is 0 Å². The van der Waals surface area contributed by atoms with Crippen LogP contribution in [-0.2, 0) is 4.79 Å². The second kappa shape index (κ2) is 7.88. The van der Waals surface area contributed by atoms with E-state index in [9.17, 15) is 4.79 Å². The van der Waals surface area contributed by atoms with Crippen molar-refractivity contribution in [3.63, 3.8) is 0 Å². The van der Waals surface area contributed by atoms with Crippen molar-refractivity contribution in [2.24, 2.45) is 11.8 Å². The minimum Gasteiger partial charge on any atom is -0.346 e. The first-order valence-electron chi connectivity index (χ1n) is 8.20. The van der Waals surface area contributed by atoms with Crippen molar-refractivity contribution in [2.75, 3.05) is 26.7 Å². The molecular formula is C16H30N2O. The van der Waals surface area contributed by atoms with E-state index in [1.54, 1.807) is 0 Å². The average molecular weight is 266 g/mol. The molecule has 0 spiro atoms. The van der Waals surface area contributed by atoms with E-state index in [0.717, 1.165) is 44.3 Å². The first kappa shape index (κ1) is 14.8. The molecule has 2 rings (SSSR count). The molecule has 2 aliphatic rings. The summed E-state index contributed by atoms with van der Waals surface area (Å²) >= 11 is 0. The summed E-state index contributed by atoms with van der Waals surface area (Å²) in [5.41, 5.74) is 0. The number of piperidine rings is 1. The maximum Gasteiger partial charge on any atom is 0.222 e. The highest BCUT2D eigenvalue weighted by molar-refractivity contribution is 5.75. The Hall–Kier alpha value is -0.570. The second-order valence-electron chi connectivity index (χ2n) is 6.49. The lowest BCUT2D eigenvalue weighted by atomic mass is 9.94. The first-order valence-corrected chi connectivity index (χ1v) is 8.20. The van der Waals surface area contributed by atoms with Crippen LogP contribution in [0.25, 0.3) is 0 Å². The maximum absolute atomic E-state index is 12.1. The predicted molar refractivity (Wildman–Crippen MR) is 79.0 cm³/mol. The topological polar surface area (TPSA) is 32.3 Å². The molecule has 0 aromatic carbocycles. The fourth-order valence-corrected chi connectivity index (χ4v) is 3.49. The molecule has 19 heavy (non-hydrogen) atoms. The van der Waals surface area contributed by atoms with E-state index in [2.05, 4.69) is 5.32 Å². The predicted octanol–water partition coefficient (Wildman–Crippen LogP) is 2.80. The first-order chi connectivity index (χ1) is 9.25. The fourth-order valence-electron chi connectivity index (χ4n) is 3.49. The lowest BCUT2D eigenvalue weighted by Gasteiger charge is -2.25. The number of amides is 1. The van der Waals surface area contributed by atoms with Gasteiger partial charge in [-0.25, -0.2) is 0 Å². The van der Waals surface area contributed by atoms with Crippen LogP contribution in [0, 0.1) is 11.8 Å². The monoisotopic (exact) mass is 266 g/mol. The van der Waals surface area contributed by atoms with Gasteiger partial charge in [-0.2, -0.15) is 0 Å². The molecule has 3 heteroatoms. The van der Waals surface area contributed by atoms with Gasteiger partial charge >= 0.3 is 0 Å². The van der Waals surface area contributed by atoms with Crippen LogP contribution in [0.1, 0.15) is 57.8 Å². The molecule has 0 radical (unpaired) electrons. The third-order valence-corrected chi connectivity index (χ3v) is 5.00. The molecule has 0 aromatic heterocycles. The highest BCUT2D eigenvalue weighted by Gasteiger charge is 2.18. The van der Waals surface area contributed by atoms with Crippen molar-refractivity contribution in [3.05, 3.63) is 0 Å². The number of hydrogen-bond donors (Lipinski definition) is 1. The van der Waals surface area contributed by atoms with Crippen LogP contribution in [0.2, 0.25) is 0 Å². The summed E-state index contributed by atoms with van der Waals surface area (Å²) in [4.78, 5) is 14.1. The number of nitrogens with zero attached hydrogens (tertiary/aromatic N) is 1. The molecule has 0 atom stereocenters. The van der Waals surface area contributed by atoms with Gasteiger partial charge in [0.15, 0.2) is 0 Å². The minimum absolute atomic E-state index is 0.362. The SMILES string of the molecule is CN(CCC1CCNCC1)C(=O)CCC1CCCC1. The van der Waals surface area contributed by atoms with Crippen molar-refractivity contribution in [1.82, 2.24) is 10.2 Å². The van der Waals surface area contributed by atoms with Gasteiger partial charge in [0, 0.05) is 20.0 Å². The third-order valence-electron chi connectivity index (χ3n) is 5.00. The number of carbonyl (C=O) groups excluding carboxylic acids is 1. The Kier molecular flexibility index (Phi) is 6.15. The summed E-state index contributed by atoms with van der Waals surface area (Å²) in [6.45, 7) is 3.27. The molecular weight excluding hydrogens is 236 g/mol. The highest BCUT2D eigenvalue weighted by Crippen LogP contribution is 2.28. The van der Waals surface area contributed by atoms with Crippen LogP contribution >= 0.6 is 0 Å². The molecule has 3 nitrogen and oxygen atoms in total. The summed E-state index contributed by atoms with van der Waals surface area (Å²) in [5, 5.41) is 3.40. The van der Waals surface area contributed by atoms with E-state index in [1.165, 1.54) is 44.9 Å². The van der Waals surface area contributed by atoms with E-state index in [4.69, 9.17) is 0 Å². The normalized spacial score (nSPS) is 21.7. The zero-order valence-corrected chi connectivity index (χ0v) is 12.5. The minimum atomic E-state index is 0.362. The van der Waals surface area contributed by atoms with E-state index in [1.807, 2.05) is 11.9 Å². The van der Waals surface area contributed by atoms with Crippen LogP contribution in [-0.4, -0.2) is 37.5 Å². The van der Waals surface area contributed by atoms with Gasteiger partial charge < -0.3 is 10.2 Å². The van der Waals surface area contributed by atoms with Gasteiger partial charge in [-0.05, 0) is 50.6 Å². The molecule has 1 saturated heterocycles. The summed E-state index contributed by atoms with van der Waals surface area (Å²) < 4.78 is 0. The van der Waals surface area contributed by atoms with Crippen molar-refractivity contribution in [2.45, 2.75) is 57.8 Å². The molecule has 1 aliphatic heterocycles. The van der Waals surface area contributed by atoms with Crippen LogP contribution in [0.3, 0.4) is 0 Å². The summed E-state index contributed by atoms with van der Waals surface area (Å²) in [7, 11) is 1.98. The fraction of sp³-hybridized carbons (Fsp3) is 0.938. The van der Waals surface area contributed by atoms with E-state index in [-0.39, 0.29) is 0 Å². The highest BCUT2D eigenvalue weighted by atomic mass is 16.2. The van der Waals surface area contributed by atoms with E-state index in [0.29, 0.717) is 5.91 Å². The molecule has 1 heterocycles.